The Hall–Kier alpha value is -2.08. The van der Waals surface area contributed by atoms with Crippen LogP contribution in [-0.2, 0) is 6.54 Å². The van der Waals surface area contributed by atoms with Gasteiger partial charge in [-0.1, -0.05) is 23.9 Å². The third-order valence-corrected chi connectivity index (χ3v) is 4.74. The summed E-state index contributed by atoms with van der Waals surface area (Å²) in [5, 5.41) is 0.977. The number of aromatic nitrogens is 2. The predicted octanol–water partition coefficient (Wildman–Crippen LogP) is 2.68. The van der Waals surface area contributed by atoms with Crippen LogP contribution in [0.5, 0.6) is 0 Å². The molecule has 0 N–H and O–H groups in total. The minimum Gasteiger partial charge on any atom is -0.326 e. The molecule has 2 amide bonds. The maximum atomic E-state index is 12.2. The lowest BCUT2D eigenvalue weighted by Gasteiger charge is -2.13. The highest BCUT2D eigenvalue weighted by atomic mass is 32.2. The van der Waals surface area contributed by atoms with Gasteiger partial charge in [-0.15, -0.1) is 0 Å². The zero-order valence-electron chi connectivity index (χ0n) is 12.4. The maximum Gasteiger partial charge on any atom is 0.261 e. The Morgan fingerprint density at radius 1 is 1.14 bits per heavy atom. The summed E-state index contributed by atoms with van der Waals surface area (Å²) in [5.74, 6) is 0.464. The molecule has 2 heterocycles. The standard InChI is InChI=1S/C16H17N3O2S/c1-2-18-10-8-17-16(18)22-11-5-9-19-14(20)12-6-3-4-7-13(12)15(19)21/h3-4,6-8,10H,2,5,9,11H2,1H3. The van der Waals surface area contributed by atoms with Gasteiger partial charge in [-0.2, -0.15) is 0 Å². The topological polar surface area (TPSA) is 55.2 Å². The quantitative estimate of drug-likeness (QED) is 0.467. The van der Waals surface area contributed by atoms with Crippen LogP contribution >= 0.6 is 11.8 Å². The third-order valence-electron chi connectivity index (χ3n) is 3.65. The smallest absolute Gasteiger partial charge is 0.261 e. The molecule has 5 nitrogen and oxygen atoms in total. The van der Waals surface area contributed by atoms with Crippen molar-refractivity contribution < 1.29 is 9.59 Å². The number of fused-ring (bicyclic) bond motifs is 1. The fraction of sp³-hybridized carbons (Fsp3) is 0.312. The number of hydrogen-bond acceptors (Lipinski definition) is 4. The summed E-state index contributed by atoms with van der Waals surface area (Å²) in [6, 6.07) is 6.99. The molecule has 0 aliphatic carbocycles. The Kier molecular flexibility index (Phi) is 4.29. The number of aryl methyl sites for hydroxylation is 1. The molecular formula is C16H17N3O2S. The van der Waals surface area contributed by atoms with Crippen LogP contribution < -0.4 is 0 Å². The van der Waals surface area contributed by atoms with Gasteiger partial charge in [0.2, 0.25) is 0 Å². The largest absolute Gasteiger partial charge is 0.326 e. The molecular weight excluding hydrogens is 298 g/mol. The van der Waals surface area contributed by atoms with Gasteiger partial charge < -0.3 is 4.57 Å². The molecule has 3 rings (SSSR count). The summed E-state index contributed by atoms with van der Waals surface area (Å²) >= 11 is 1.65. The number of amides is 2. The fourth-order valence-corrected chi connectivity index (χ4v) is 3.45. The van der Waals surface area contributed by atoms with E-state index in [0.29, 0.717) is 17.7 Å². The molecule has 0 atom stereocenters. The SMILES string of the molecule is CCn1ccnc1SCCCN1C(=O)c2ccccc2C1=O. The molecule has 0 fully saturated rings. The average molecular weight is 315 g/mol. The monoisotopic (exact) mass is 315 g/mol. The fourth-order valence-electron chi connectivity index (χ4n) is 2.50. The molecule has 0 saturated heterocycles. The number of nitrogens with zero attached hydrogens (tertiary/aromatic N) is 3. The molecule has 0 unspecified atom stereocenters. The zero-order chi connectivity index (χ0) is 15.5. The highest BCUT2D eigenvalue weighted by molar-refractivity contribution is 7.99. The molecule has 0 bridgehead atoms. The van der Waals surface area contributed by atoms with E-state index in [-0.39, 0.29) is 11.8 Å². The van der Waals surface area contributed by atoms with Crippen molar-refractivity contribution in [2.24, 2.45) is 0 Å². The van der Waals surface area contributed by atoms with Crippen LogP contribution in [0.4, 0.5) is 0 Å². The molecule has 22 heavy (non-hydrogen) atoms. The average Bonchev–Trinajstić information content (AvgIpc) is 3.09. The second-order valence-corrected chi connectivity index (χ2v) is 6.07. The van der Waals surface area contributed by atoms with E-state index >= 15 is 0 Å². The second-order valence-electron chi connectivity index (χ2n) is 5.01. The highest BCUT2D eigenvalue weighted by Crippen LogP contribution is 2.23. The summed E-state index contributed by atoms with van der Waals surface area (Å²) in [6.45, 7) is 3.41. The van der Waals surface area contributed by atoms with Gasteiger partial charge in [0.15, 0.2) is 5.16 Å². The minimum absolute atomic E-state index is 0.180. The Balaban J connectivity index is 1.55. The summed E-state index contributed by atoms with van der Waals surface area (Å²) < 4.78 is 2.08. The Bertz CT molecular complexity index is 676. The highest BCUT2D eigenvalue weighted by Gasteiger charge is 2.34. The molecule has 1 aromatic carbocycles. The Morgan fingerprint density at radius 3 is 2.45 bits per heavy atom. The van der Waals surface area contributed by atoms with Crippen molar-refractivity contribution in [2.45, 2.75) is 25.0 Å². The van der Waals surface area contributed by atoms with Crippen molar-refractivity contribution in [3.8, 4) is 0 Å². The van der Waals surface area contributed by atoms with Crippen molar-refractivity contribution in [2.75, 3.05) is 12.3 Å². The lowest BCUT2D eigenvalue weighted by Crippen LogP contribution is -2.31. The number of carbonyl (C=O) groups excluding carboxylic acids is 2. The van der Waals surface area contributed by atoms with E-state index < -0.39 is 0 Å². The van der Waals surface area contributed by atoms with Gasteiger partial charge >= 0.3 is 0 Å². The number of imidazole rings is 1. The van der Waals surface area contributed by atoms with Crippen molar-refractivity contribution >= 4 is 23.6 Å². The minimum atomic E-state index is -0.180. The second kappa shape index (κ2) is 6.36. The van der Waals surface area contributed by atoms with E-state index in [2.05, 4.69) is 16.5 Å². The number of thioether (sulfide) groups is 1. The summed E-state index contributed by atoms with van der Waals surface area (Å²) in [5.41, 5.74) is 1.03. The van der Waals surface area contributed by atoms with Crippen LogP contribution in [0, 0.1) is 0 Å². The van der Waals surface area contributed by atoms with E-state index in [0.717, 1.165) is 23.9 Å². The van der Waals surface area contributed by atoms with Crippen LogP contribution in [0.3, 0.4) is 0 Å². The number of carbonyl (C=O) groups is 2. The third kappa shape index (κ3) is 2.66. The summed E-state index contributed by atoms with van der Waals surface area (Å²) in [7, 11) is 0. The summed E-state index contributed by atoms with van der Waals surface area (Å²) in [4.78, 5) is 30.1. The van der Waals surface area contributed by atoms with Gasteiger partial charge in [0, 0.05) is 31.2 Å². The van der Waals surface area contributed by atoms with Crippen LogP contribution in [0.2, 0.25) is 0 Å². The maximum absolute atomic E-state index is 12.2. The van der Waals surface area contributed by atoms with Crippen molar-refractivity contribution in [3.05, 3.63) is 47.8 Å². The van der Waals surface area contributed by atoms with Gasteiger partial charge in [0.1, 0.15) is 0 Å². The van der Waals surface area contributed by atoms with E-state index in [4.69, 9.17) is 0 Å². The number of imide groups is 1. The summed E-state index contributed by atoms with van der Waals surface area (Å²) in [6.07, 6.45) is 4.50. The molecule has 0 spiro atoms. The molecule has 0 radical (unpaired) electrons. The van der Waals surface area contributed by atoms with E-state index in [1.807, 2.05) is 6.20 Å². The number of benzene rings is 1. The first-order chi connectivity index (χ1) is 10.7. The van der Waals surface area contributed by atoms with Crippen LogP contribution in [-0.4, -0.2) is 38.6 Å². The Morgan fingerprint density at radius 2 is 1.82 bits per heavy atom. The molecule has 2 aromatic rings. The zero-order valence-corrected chi connectivity index (χ0v) is 13.2. The van der Waals surface area contributed by atoms with Gasteiger partial charge in [0.05, 0.1) is 11.1 Å². The molecule has 1 aliphatic rings. The lowest BCUT2D eigenvalue weighted by atomic mass is 10.1. The number of rotatable bonds is 6. The van der Waals surface area contributed by atoms with Gasteiger partial charge in [-0.25, -0.2) is 4.98 Å². The molecule has 1 aliphatic heterocycles. The molecule has 0 saturated carbocycles. The van der Waals surface area contributed by atoms with Crippen molar-refractivity contribution in [1.29, 1.82) is 0 Å². The molecule has 114 valence electrons. The van der Waals surface area contributed by atoms with Gasteiger partial charge in [-0.3, -0.25) is 14.5 Å². The van der Waals surface area contributed by atoms with Crippen LogP contribution in [0.15, 0.2) is 41.8 Å². The van der Waals surface area contributed by atoms with Crippen LogP contribution in [0.25, 0.3) is 0 Å². The van der Waals surface area contributed by atoms with E-state index in [1.54, 1.807) is 42.2 Å². The van der Waals surface area contributed by atoms with Crippen molar-refractivity contribution in [1.82, 2.24) is 14.5 Å². The normalized spacial score (nSPS) is 13.8. The number of hydrogen-bond donors (Lipinski definition) is 0. The Labute approximate surface area is 133 Å². The first-order valence-corrected chi connectivity index (χ1v) is 8.30. The van der Waals surface area contributed by atoms with Crippen LogP contribution in [0.1, 0.15) is 34.1 Å². The van der Waals surface area contributed by atoms with Gasteiger partial charge in [0.25, 0.3) is 11.8 Å². The lowest BCUT2D eigenvalue weighted by molar-refractivity contribution is 0.0655. The first-order valence-electron chi connectivity index (χ1n) is 7.31. The molecule has 1 aromatic heterocycles. The molecule has 6 heteroatoms. The first kappa shape index (κ1) is 14.8. The van der Waals surface area contributed by atoms with E-state index in [9.17, 15) is 9.59 Å². The van der Waals surface area contributed by atoms with Crippen molar-refractivity contribution in [3.63, 3.8) is 0 Å². The van der Waals surface area contributed by atoms with E-state index in [1.165, 1.54) is 4.90 Å². The predicted molar refractivity (Wildman–Crippen MR) is 85.1 cm³/mol. The van der Waals surface area contributed by atoms with Gasteiger partial charge in [-0.05, 0) is 25.5 Å².